The average Bonchev–Trinajstić information content (AvgIpc) is 1.81. The van der Waals surface area contributed by atoms with Gasteiger partial charge < -0.3 is 70.0 Å². The van der Waals surface area contributed by atoms with Crippen LogP contribution < -0.4 is 46.8 Å². The summed E-state index contributed by atoms with van der Waals surface area (Å²) in [4.78, 5) is 51.1. The largest absolute Gasteiger partial charge is 0.494 e. The summed E-state index contributed by atoms with van der Waals surface area (Å²) >= 11 is 3.54. The lowest BCUT2D eigenvalue weighted by Gasteiger charge is -2.37. The van der Waals surface area contributed by atoms with Crippen molar-refractivity contribution in [1.82, 2.24) is 29.7 Å². The molecule has 0 bridgehead atoms. The lowest BCUT2D eigenvalue weighted by Crippen LogP contribution is -2.50. The fraction of sp³-hybridized carbons (Fsp3) is 0.373. The summed E-state index contributed by atoms with van der Waals surface area (Å²) in [6.07, 6.45) is 3.07. The van der Waals surface area contributed by atoms with Crippen molar-refractivity contribution in [3.63, 3.8) is 0 Å². The lowest BCUT2D eigenvalue weighted by molar-refractivity contribution is 0.00578. The second-order valence-electron chi connectivity index (χ2n) is 24.6. The van der Waals surface area contributed by atoms with E-state index in [1.165, 1.54) is 0 Å². The quantitative estimate of drug-likeness (QED) is 0.0737. The van der Waals surface area contributed by atoms with Gasteiger partial charge in [-0.05, 0) is 151 Å². The molecule has 3 aliphatic rings. The van der Waals surface area contributed by atoms with Crippen molar-refractivity contribution in [2.45, 2.75) is 99.1 Å². The fourth-order valence-electron chi connectivity index (χ4n) is 9.97. The molecule has 5 heterocycles. The topological polar surface area (TPSA) is 230 Å². The number of para-hydroxylation sites is 2. The Morgan fingerprint density at radius 2 is 1.01 bits per heavy atom. The molecule has 2 amide bonds. The number of ether oxygens (including phenoxy) is 4. The van der Waals surface area contributed by atoms with Crippen molar-refractivity contribution in [3.05, 3.63) is 138 Å². The van der Waals surface area contributed by atoms with Gasteiger partial charge in [0.15, 0.2) is 0 Å². The Balaban J connectivity index is 0.000000185. The Kier molecular flexibility index (Phi) is 20.8. The van der Waals surface area contributed by atoms with Crippen molar-refractivity contribution >= 4 is 109 Å². The fourth-order valence-corrected chi connectivity index (χ4v) is 10.4. The molecule has 3 aliphatic heterocycles. The number of carbonyl (C=O) groups excluding carboxylic acids is 2. The number of carbonyl (C=O) groups is 2. The standard InChI is InChI=1S/C30H34N6O3.C24H28BrN5O3.C12H18BNO2.CH4/c1-30(2,3)39-29(37)36-15-13-35(14-16-36)23-11-12-25(26(18-23)38-4)33-28-32-19-21-8-6-10-24(27(21)34-28)20-7-5-9-22(31)17-20;1-24(2,3)33-23(31)30-12-10-29(11-13-30)17-8-9-19(20(14-17)32-4)27-22-26-15-16-6-5-7-18(25)21(16)28-22;1-11(2)12(3,4)16-13(15-11)9-6-5-7-10(14)8-9;/h5-12,17-19H,13-16,31H2,1-4H3,(H,32,33,34);5-9,14-15H,10-13H2,1-4H3,(H,26,27,28);5-8H,14H2,1-4H3;1H4. The molecule has 0 unspecified atom stereocenters. The van der Waals surface area contributed by atoms with Gasteiger partial charge in [-0.25, -0.2) is 29.5 Å². The zero-order valence-corrected chi connectivity index (χ0v) is 53.9. The number of hydrogen-bond acceptors (Lipinski definition) is 18. The molecule has 8 aromatic rings. The molecule has 6 aromatic carbocycles. The molecule has 11 rings (SSSR count). The van der Waals surface area contributed by atoms with E-state index in [4.69, 9.17) is 44.7 Å². The van der Waals surface area contributed by atoms with Crippen molar-refractivity contribution in [3.8, 4) is 22.6 Å². The number of nitrogens with one attached hydrogen (secondary N) is 2. The Bertz CT molecular complexity index is 3750. The number of anilines is 8. The van der Waals surface area contributed by atoms with Crippen molar-refractivity contribution in [1.29, 1.82) is 0 Å². The Morgan fingerprint density at radius 3 is 1.47 bits per heavy atom. The zero-order chi connectivity index (χ0) is 63.1. The third-order valence-electron chi connectivity index (χ3n) is 15.3. The molecule has 0 radical (unpaired) electrons. The van der Waals surface area contributed by atoms with Crippen LogP contribution in [0.1, 0.15) is 76.7 Å². The van der Waals surface area contributed by atoms with E-state index in [1.807, 2.05) is 197 Å². The highest BCUT2D eigenvalue weighted by Gasteiger charge is 2.51. The van der Waals surface area contributed by atoms with Gasteiger partial charge >= 0.3 is 19.3 Å². The first-order valence-electron chi connectivity index (χ1n) is 29.4. The predicted molar refractivity (Wildman–Crippen MR) is 363 cm³/mol. The second kappa shape index (κ2) is 27.8. The van der Waals surface area contributed by atoms with E-state index in [-0.39, 0.29) is 37.9 Å². The van der Waals surface area contributed by atoms with Crippen LogP contribution in [0.5, 0.6) is 11.5 Å². The number of methoxy groups -OCH3 is 2. The molecule has 0 aliphatic carbocycles. The minimum atomic E-state index is -0.504. The molecule has 2 aromatic heterocycles. The first kappa shape index (κ1) is 66.4. The molecule has 3 saturated heterocycles. The summed E-state index contributed by atoms with van der Waals surface area (Å²) in [5.74, 6) is 2.33. The van der Waals surface area contributed by atoms with E-state index in [1.54, 1.807) is 30.2 Å². The van der Waals surface area contributed by atoms with Crippen LogP contribution in [0, 0.1) is 0 Å². The van der Waals surface area contributed by atoms with Crippen LogP contribution in [0.25, 0.3) is 32.9 Å². The monoisotopic (exact) mass is 1270 g/mol. The number of nitrogens with two attached hydrogens (primary N) is 2. The van der Waals surface area contributed by atoms with E-state index < -0.39 is 11.2 Å². The molecule has 22 heteroatoms. The van der Waals surface area contributed by atoms with Gasteiger partial charge in [-0.1, -0.05) is 62.0 Å². The number of rotatable bonds is 10. The maximum Gasteiger partial charge on any atom is 0.494 e. The Labute approximate surface area is 531 Å². The van der Waals surface area contributed by atoms with Gasteiger partial charge in [0.25, 0.3) is 0 Å². The SMILES string of the molecule is C.CC1(C)OB(c2cccc(N)c2)OC1(C)C.COc1cc(N2CCN(C(=O)OC(C)(C)C)CC2)ccc1Nc1ncc2cccc(-c3cccc(N)c3)c2n1.COc1cc(N2CCN(C(=O)OC(C)(C)C)CC2)ccc1Nc1ncc2cccc(Br)c2n1. The number of halogens is 1. The molecule has 20 nitrogen and oxygen atoms in total. The van der Waals surface area contributed by atoms with Crippen LogP contribution in [0.2, 0.25) is 0 Å². The van der Waals surface area contributed by atoms with Crippen LogP contribution in [0.3, 0.4) is 0 Å². The zero-order valence-electron chi connectivity index (χ0n) is 52.3. The maximum atomic E-state index is 12.4. The first-order chi connectivity index (χ1) is 41.7. The van der Waals surface area contributed by atoms with Crippen LogP contribution in [0.4, 0.5) is 55.6 Å². The summed E-state index contributed by atoms with van der Waals surface area (Å²) < 4.78 is 35.1. The number of fused-ring (bicyclic) bond motifs is 2. The molecule has 6 N–H and O–H groups in total. The predicted octanol–water partition coefficient (Wildman–Crippen LogP) is 13.1. The molecule has 89 heavy (non-hydrogen) atoms. The van der Waals surface area contributed by atoms with Crippen LogP contribution in [-0.4, -0.2) is 138 Å². The van der Waals surface area contributed by atoms with Gasteiger partial charge in [0.2, 0.25) is 11.9 Å². The number of piperazine rings is 2. The van der Waals surface area contributed by atoms with Gasteiger partial charge in [-0.2, -0.15) is 0 Å². The maximum absolute atomic E-state index is 12.4. The second-order valence-corrected chi connectivity index (χ2v) is 25.5. The molecule has 0 spiro atoms. The number of nitrogens with zero attached hydrogens (tertiary/aromatic N) is 8. The number of amides is 2. The molecule has 0 saturated carbocycles. The number of hydrogen-bond donors (Lipinski definition) is 4. The van der Waals surface area contributed by atoms with E-state index in [2.05, 4.69) is 51.3 Å². The lowest BCUT2D eigenvalue weighted by atomic mass is 9.79. The van der Waals surface area contributed by atoms with E-state index in [0.29, 0.717) is 68.4 Å². The van der Waals surface area contributed by atoms with E-state index in [0.717, 1.165) is 84.4 Å². The highest BCUT2D eigenvalue weighted by atomic mass is 79.9. The van der Waals surface area contributed by atoms with Gasteiger partial charge in [0, 0.05) is 120 Å². The van der Waals surface area contributed by atoms with Crippen molar-refractivity contribution < 1.29 is 37.8 Å². The van der Waals surface area contributed by atoms with Crippen molar-refractivity contribution in [2.24, 2.45) is 0 Å². The summed E-state index contributed by atoms with van der Waals surface area (Å²) in [7, 11) is 2.96. The molecule has 470 valence electrons. The average molecular weight is 1280 g/mol. The first-order valence-corrected chi connectivity index (χ1v) is 30.1. The summed E-state index contributed by atoms with van der Waals surface area (Å²) in [5, 5.41) is 8.48. The van der Waals surface area contributed by atoms with Crippen LogP contribution >= 0.6 is 15.9 Å². The van der Waals surface area contributed by atoms with E-state index >= 15 is 0 Å². The number of nitrogen functional groups attached to an aromatic ring is 2. The van der Waals surface area contributed by atoms with E-state index in [9.17, 15) is 9.59 Å². The summed E-state index contributed by atoms with van der Waals surface area (Å²) in [6.45, 7) is 24.7. The molecule has 3 fully saturated rings. The minimum Gasteiger partial charge on any atom is -0.494 e. The highest BCUT2D eigenvalue weighted by molar-refractivity contribution is 9.10. The van der Waals surface area contributed by atoms with Gasteiger partial charge in [-0.3, -0.25) is 0 Å². The molecular formula is C67H84BBrN12O8. The normalized spacial score (nSPS) is 15.4. The Morgan fingerprint density at radius 1 is 0.573 bits per heavy atom. The number of benzene rings is 6. The third-order valence-corrected chi connectivity index (χ3v) is 15.9. The van der Waals surface area contributed by atoms with Gasteiger partial charge in [0.1, 0.15) is 22.7 Å². The number of aromatic nitrogens is 4. The minimum absolute atomic E-state index is 0. The smallest absolute Gasteiger partial charge is 0.494 e. The van der Waals surface area contributed by atoms with Crippen molar-refractivity contribution in [2.75, 3.05) is 98.5 Å². The van der Waals surface area contributed by atoms with Gasteiger partial charge in [0.05, 0.1) is 47.8 Å². The molecular weight excluding hydrogens is 1190 g/mol. The third kappa shape index (κ3) is 16.8. The van der Waals surface area contributed by atoms with Gasteiger partial charge in [-0.15, -0.1) is 0 Å². The highest BCUT2D eigenvalue weighted by Crippen LogP contribution is 2.38. The molecule has 0 atom stereocenters. The Hall–Kier alpha value is -8.60. The summed E-state index contributed by atoms with van der Waals surface area (Å²) in [5.41, 5.74) is 19.8. The summed E-state index contributed by atoms with van der Waals surface area (Å²) in [6, 6.07) is 39.3. The van der Waals surface area contributed by atoms with Crippen LogP contribution in [-0.2, 0) is 18.8 Å². The van der Waals surface area contributed by atoms with Crippen LogP contribution in [0.15, 0.2) is 138 Å².